The van der Waals surface area contributed by atoms with Gasteiger partial charge < -0.3 is 19.2 Å². The molecule has 2 aromatic carbocycles. The summed E-state index contributed by atoms with van der Waals surface area (Å²) in [5.74, 6) is 1.40. The van der Waals surface area contributed by atoms with E-state index in [1.165, 1.54) is 5.56 Å². The molecule has 5 nitrogen and oxygen atoms in total. The summed E-state index contributed by atoms with van der Waals surface area (Å²) in [6, 6.07) is 13.7. The Hall–Kier alpha value is -2.95. The second kappa shape index (κ2) is 7.12. The summed E-state index contributed by atoms with van der Waals surface area (Å²) in [5.41, 5.74) is 2.94. The van der Waals surface area contributed by atoms with Crippen LogP contribution in [0.5, 0.6) is 11.5 Å². The molecule has 1 aliphatic rings. The number of hydrogen-bond donors (Lipinski definition) is 1. The highest BCUT2D eigenvalue weighted by Gasteiger charge is 2.21. The predicted octanol–water partition coefficient (Wildman–Crippen LogP) is 3.49. The Kier molecular flexibility index (Phi) is 4.52. The Bertz CT molecular complexity index is 931. The molecule has 0 unspecified atom stereocenters. The van der Waals surface area contributed by atoms with Crippen LogP contribution >= 0.6 is 0 Å². The van der Waals surface area contributed by atoms with Gasteiger partial charge in [0.2, 0.25) is 5.91 Å². The van der Waals surface area contributed by atoms with Crippen molar-refractivity contribution < 1.29 is 18.7 Å². The van der Waals surface area contributed by atoms with E-state index in [0.29, 0.717) is 18.9 Å². The molecule has 0 radical (unpaired) electrons. The van der Waals surface area contributed by atoms with E-state index in [4.69, 9.17) is 13.9 Å². The first-order valence-electron chi connectivity index (χ1n) is 8.87. The summed E-state index contributed by atoms with van der Waals surface area (Å²) in [5, 5.41) is 3.91. The van der Waals surface area contributed by atoms with Crippen molar-refractivity contribution in [2.75, 3.05) is 13.2 Å². The molecular formula is C21H21NO4. The molecule has 0 bridgehead atoms. The van der Waals surface area contributed by atoms with Gasteiger partial charge in [-0.15, -0.1) is 0 Å². The minimum atomic E-state index is -0.193. The SMILES string of the molecule is CCc1ccc2c(CC(=O)NC[C@H]3COc4ccccc4O3)coc2c1. The normalized spacial score (nSPS) is 15.8. The highest BCUT2D eigenvalue weighted by atomic mass is 16.6. The van der Waals surface area contributed by atoms with Crippen LogP contribution < -0.4 is 14.8 Å². The summed E-state index contributed by atoms with van der Waals surface area (Å²) in [6.07, 6.45) is 2.71. The van der Waals surface area contributed by atoms with Crippen LogP contribution in [-0.4, -0.2) is 25.2 Å². The molecular weight excluding hydrogens is 330 g/mol. The smallest absolute Gasteiger partial charge is 0.224 e. The number of para-hydroxylation sites is 2. The number of aryl methyl sites for hydroxylation is 1. The Morgan fingerprint density at radius 3 is 2.88 bits per heavy atom. The number of amides is 1. The zero-order valence-corrected chi connectivity index (χ0v) is 14.7. The van der Waals surface area contributed by atoms with E-state index in [1.54, 1.807) is 6.26 Å². The zero-order valence-electron chi connectivity index (χ0n) is 14.7. The van der Waals surface area contributed by atoms with Crippen LogP contribution in [0.2, 0.25) is 0 Å². The van der Waals surface area contributed by atoms with Crippen LogP contribution in [0.25, 0.3) is 11.0 Å². The van der Waals surface area contributed by atoms with Gasteiger partial charge in [-0.3, -0.25) is 4.79 Å². The molecule has 2 heterocycles. The molecule has 0 fully saturated rings. The quantitative estimate of drug-likeness (QED) is 0.764. The lowest BCUT2D eigenvalue weighted by Gasteiger charge is -2.26. The van der Waals surface area contributed by atoms with E-state index in [9.17, 15) is 4.79 Å². The van der Waals surface area contributed by atoms with Crippen LogP contribution in [0.4, 0.5) is 0 Å². The van der Waals surface area contributed by atoms with Gasteiger partial charge in [-0.1, -0.05) is 31.2 Å². The first-order valence-corrected chi connectivity index (χ1v) is 8.87. The van der Waals surface area contributed by atoms with E-state index >= 15 is 0 Å². The molecule has 1 amide bonds. The average Bonchev–Trinajstić information content (AvgIpc) is 3.08. The molecule has 0 aliphatic carbocycles. The van der Waals surface area contributed by atoms with Crippen molar-refractivity contribution in [1.82, 2.24) is 5.32 Å². The zero-order chi connectivity index (χ0) is 17.9. The van der Waals surface area contributed by atoms with Gasteiger partial charge in [0.25, 0.3) is 0 Å². The maximum absolute atomic E-state index is 12.3. The molecule has 1 N–H and O–H groups in total. The molecule has 0 spiro atoms. The van der Waals surface area contributed by atoms with Gasteiger partial charge in [-0.05, 0) is 30.2 Å². The van der Waals surface area contributed by atoms with Crippen molar-refractivity contribution in [3.63, 3.8) is 0 Å². The summed E-state index contributed by atoms with van der Waals surface area (Å²) in [6.45, 7) is 2.93. The molecule has 5 heteroatoms. The molecule has 4 rings (SSSR count). The lowest BCUT2D eigenvalue weighted by Crippen LogP contribution is -2.41. The fourth-order valence-corrected chi connectivity index (χ4v) is 3.11. The lowest BCUT2D eigenvalue weighted by atomic mass is 10.1. The molecule has 0 saturated carbocycles. The lowest BCUT2D eigenvalue weighted by molar-refractivity contribution is -0.120. The Labute approximate surface area is 151 Å². The third kappa shape index (κ3) is 3.38. The third-order valence-electron chi connectivity index (χ3n) is 4.57. The van der Waals surface area contributed by atoms with E-state index in [-0.39, 0.29) is 18.4 Å². The number of hydrogen-bond acceptors (Lipinski definition) is 4. The predicted molar refractivity (Wildman–Crippen MR) is 98.7 cm³/mol. The summed E-state index contributed by atoms with van der Waals surface area (Å²) < 4.78 is 17.1. The molecule has 26 heavy (non-hydrogen) atoms. The van der Waals surface area contributed by atoms with Crippen LogP contribution in [0.3, 0.4) is 0 Å². The number of furan rings is 1. The Morgan fingerprint density at radius 2 is 2.04 bits per heavy atom. The van der Waals surface area contributed by atoms with Crippen LogP contribution in [0.15, 0.2) is 53.1 Å². The van der Waals surface area contributed by atoms with E-state index in [1.807, 2.05) is 36.4 Å². The standard InChI is InChI=1S/C21H21NO4/c1-2-14-7-8-17-15(12-24-20(17)9-14)10-21(23)22-11-16-13-25-18-5-3-4-6-19(18)26-16/h3-9,12,16H,2,10-11,13H2,1H3,(H,22,23)/t16-/m0/s1. The number of carbonyl (C=O) groups is 1. The number of carbonyl (C=O) groups excluding carboxylic acids is 1. The van der Waals surface area contributed by atoms with Crippen molar-refractivity contribution >= 4 is 16.9 Å². The molecule has 1 atom stereocenters. The van der Waals surface area contributed by atoms with Crippen LogP contribution in [0.1, 0.15) is 18.1 Å². The van der Waals surface area contributed by atoms with Crippen molar-refractivity contribution in [3.05, 3.63) is 59.9 Å². The van der Waals surface area contributed by atoms with Gasteiger partial charge >= 0.3 is 0 Å². The Morgan fingerprint density at radius 1 is 1.19 bits per heavy atom. The highest BCUT2D eigenvalue weighted by Crippen LogP contribution is 2.30. The van der Waals surface area contributed by atoms with Gasteiger partial charge in [-0.25, -0.2) is 0 Å². The number of benzene rings is 2. The van der Waals surface area contributed by atoms with Crippen molar-refractivity contribution in [2.24, 2.45) is 0 Å². The topological polar surface area (TPSA) is 60.7 Å². The van der Waals surface area contributed by atoms with Gasteiger partial charge in [0.05, 0.1) is 19.2 Å². The first-order chi connectivity index (χ1) is 12.7. The van der Waals surface area contributed by atoms with E-state index in [2.05, 4.69) is 18.3 Å². The monoisotopic (exact) mass is 351 g/mol. The third-order valence-corrected chi connectivity index (χ3v) is 4.57. The van der Waals surface area contributed by atoms with E-state index in [0.717, 1.165) is 28.7 Å². The Balaban J connectivity index is 1.35. The van der Waals surface area contributed by atoms with Gasteiger partial charge in [-0.2, -0.15) is 0 Å². The summed E-state index contributed by atoms with van der Waals surface area (Å²) in [4.78, 5) is 12.3. The van der Waals surface area contributed by atoms with Gasteiger partial charge in [0.15, 0.2) is 11.5 Å². The fraction of sp³-hybridized carbons (Fsp3) is 0.286. The minimum absolute atomic E-state index is 0.0604. The highest BCUT2D eigenvalue weighted by molar-refractivity contribution is 5.87. The first kappa shape index (κ1) is 16.5. The second-order valence-corrected chi connectivity index (χ2v) is 6.42. The molecule has 0 saturated heterocycles. The average molecular weight is 351 g/mol. The maximum Gasteiger partial charge on any atom is 0.224 e. The van der Waals surface area contributed by atoms with Gasteiger partial charge in [0.1, 0.15) is 18.3 Å². The summed E-state index contributed by atoms with van der Waals surface area (Å²) in [7, 11) is 0. The van der Waals surface area contributed by atoms with Crippen molar-refractivity contribution in [3.8, 4) is 11.5 Å². The number of fused-ring (bicyclic) bond motifs is 2. The second-order valence-electron chi connectivity index (χ2n) is 6.42. The number of nitrogens with one attached hydrogen (secondary N) is 1. The summed E-state index contributed by atoms with van der Waals surface area (Å²) >= 11 is 0. The molecule has 1 aliphatic heterocycles. The van der Waals surface area contributed by atoms with Crippen LogP contribution in [-0.2, 0) is 17.6 Å². The van der Waals surface area contributed by atoms with Crippen molar-refractivity contribution in [1.29, 1.82) is 0 Å². The van der Waals surface area contributed by atoms with Crippen LogP contribution in [0, 0.1) is 0 Å². The molecule has 1 aromatic heterocycles. The fourth-order valence-electron chi connectivity index (χ4n) is 3.11. The minimum Gasteiger partial charge on any atom is -0.486 e. The molecule has 134 valence electrons. The molecule has 3 aromatic rings. The largest absolute Gasteiger partial charge is 0.486 e. The number of ether oxygens (including phenoxy) is 2. The van der Waals surface area contributed by atoms with E-state index < -0.39 is 0 Å². The number of rotatable bonds is 5. The van der Waals surface area contributed by atoms with Crippen molar-refractivity contribution in [2.45, 2.75) is 25.9 Å². The van der Waals surface area contributed by atoms with Gasteiger partial charge in [0, 0.05) is 10.9 Å². The maximum atomic E-state index is 12.3.